The molecule has 0 aliphatic heterocycles. The Morgan fingerprint density at radius 3 is 2.94 bits per heavy atom. The summed E-state index contributed by atoms with van der Waals surface area (Å²) >= 11 is 2.84. The van der Waals surface area contributed by atoms with Crippen molar-refractivity contribution in [2.45, 2.75) is 29.6 Å². The molecule has 0 unspecified atom stereocenters. The van der Waals surface area contributed by atoms with E-state index in [1.54, 1.807) is 11.6 Å². The molecular formula is C11H11N3O2S2. The molecule has 2 rings (SSSR count). The number of nitrogens with zero attached hydrogens (tertiary/aromatic N) is 3. The monoisotopic (exact) mass is 281 g/mol. The summed E-state index contributed by atoms with van der Waals surface area (Å²) in [5.41, 5.74) is 2.28. The number of carbonyl (C=O) groups is 1. The fourth-order valence-corrected chi connectivity index (χ4v) is 3.10. The molecule has 0 radical (unpaired) electrons. The van der Waals surface area contributed by atoms with Crippen molar-refractivity contribution in [2.24, 2.45) is 0 Å². The standard InChI is InChI=1S/C11H11N3O2S2/c1-6-4-12-7(2)10(13-6)18-11-14-8(5-17-11)3-9(15)16/h4-5H,3H2,1-2H3,(H,15,16). The molecule has 0 aromatic carbocycles. The largest absolute Gasteiger partial charge is 0.481 e. The fourth-order valence-electron chi connectivity index (χ4n) is 1.27. The number of carboxylic acid groups (broad SMARTS) is 1. The van der Waals surface area contributed by atoms with Crippen LogP contribution in [0.25, 0.3) is 0 Å². The molecule has 0 bridgehead atoms. The van der Waals surface area contributed by atoms with Gasteiger partial charge in [-0.05, 0) is 25.6 Å². The van der Waals surface area contributed by atoms with Crippen LogP contribution in [0.2, 0.25) is 0 Å². The number of thiazole rings is 1. The molecule has 0 fully saturated rings. The van der Waals surface area contributed by atoms with E-state index >= 15 is 0 Å². The van der Waals surface area contributed by atoms with Crippen molar-refractivity contribution in [2.75, 3.05) is 0 Å². The third-order valence-corrected chi connectivity index (χ3v) is 4.15. The molecule has 2 heterocycles. The average Bonchev–Trinajstić information content (AvgIpc) is 2.70. The summed E-state index contributed by atoms with van der Waals surface area (Å²) in [6, 6.07) is 0. The molecule has 1 N–H and O–H groups in total. The van der Waals surface area contributed by atoms with E-state index in [4.69, 9.17) is 5.11 Å². The minimum atomic E-state index is -0.872. The second-order valence-electron chi connectivity index (χ2n) is 3.68. The maximum atomic E-state index is 10.6. The molecule has 0 saturated carbocycles. The van der Waals surface area contributed by atoms with Crippen LogP contribution in [0.1, 0.15) is 17.1 Å². The van der Waals surface area contributed by atoms with Crippen LogP contribution in [0, 0.1) is 13.8 Å². The number of aliphatic carboxylic acids is 1. The maximum absolute atomic E-state index is 10.6. The number of carboxylic acids is 1. The highest BCUT2D eigenvalue weighted by Crippen LogP contribution is 2.30. The van der Waals surface area contributed by atoms with Gasteiger partial charge in [-0.25, -0.2) is 9.97 Å². The number of hydrogen-bond donors (Lipinski definition) is 1. The number of aryl methyl sites for hydroxylation is 2. The lowest BCUT2D eigenvalue weighted by Gasteiger charge is -2.01. The SMILES string of the molecule is Cc1cnc(C)c(Sc2nc(CC(=O)O)cs2)n1. The van der Waals surface area contributed by atoms with Gasteiger partial charge in [0.2, 0.25) is 0 Å². The van der Waals surface area contributed by atoms with Gasteiger partial charge in [0.15, 0.2) is 4.34 Å². The van der Waals surface area contributed by atoms with Crippen molar-refractivity contribution >= 4 is 29.1 Å². The van der Waals surface area contributed by atoms with Crippen LogP contribution in [0.5, 0.6) is 0 Å². The van der Waals surface area contributed by atoms with Crippen LogP contribution in [0.3, 0.4) is 0 Å². The van der Waals surface area contributed by atoms with E-state index in [9.17, 15) is 4.79 Å². The molecule has 18 heavy (non-hydrogen) atoms. The summed E-state index contributed by atoms with van der Waals surface area (Å²) in [7, 11) is 0. The highest BCUT2D eigenvalue weighted by molar-refractivity contribution is 8.01. The second-order valence-corrected chi connectivity index (χ2v) is 5.77. The van der Waals surface area contributed by atoms with Crippen LogP contribution >= 0.6 is 23.1 Å². The molecule has 0 amide bonds. The van der Waals surface area contributed by atoms with Gasteiger partial charge >= 0.3 is 5.97 Å². The first kappa shape index (κ1) is 13.0. The van der Waals surface area contributed by atoms with Crippen LogP contribution in [0.15, 0.2) is 20.9 Å². The number of aromatic nitrogens is 3. The summed E-state index contributed by atoms with van der Waals surface area (Å²) in [6.07, 6.45) is 1.67. The molecule has 5 nitrogen and oxygen atoms in total. The van der Waals surface area contributed by atoms with Crippen LogP contribution in [-0.4, -0.2) is 26.0 Å². The normalized spacial score (nSPS) is 10.6. The highest BCUT2D eigenvalue weighted by atomic mass is 32.2. The minimum absolute atomic E-state index is 0.0461. The summed E-state index contributed by atoms with van der Waals surface area (Å²) in [6.45, 7) is 3.77. The Balaban J connectivity index is 2.16. The van der Waals surface area contributed by atoms with Gasteiger partial charge in [0.05, 0.1) is 23.5 Å². The molecular weight excluding hydrogens is 270 g/mol. The summed E-state index contributed by atoms with van der Waals surface area (Å²) in [4.78, 5) is 23.4. The van der Waals surface area contributed by atoms with E-state index in [1.807, 2.05) is 13.8 Å². The Kier molecular flexibility index (Phi) is 3.93. The highest BCUT2D eigenvalue weighted by Gasteiger charge is 2.10. The van der Waals surface area contributed by atoms with Crippen LogP contribution in [0.4, 0.5) is 0 Å². The zero-order valence-electron chi connectivity index (χ0n) is 9.88. The quantitative estimate of drug-likeness (QED) is 0.927. The fraction of sp³-hybridized carbons (Fsp3) is 0.273. The minimum Gasteiger partial charge on any atom is -0.481 e. The van der Waals surface area contributed by atoms with Gasteiger partial charge in [0.25, 0.3) is 0 Å². The first-order valence-electron chi connectivity index (χ1n) is 5.19. The lowest BCUT2D eigenvalue weighted by Crippen LogP contribution is -1.99. The predicted octanol–water partition coefficient (Wildman–Crippen LogP) is 2.33. The van der Waals surface area contributed by atoms with Gasteiger partial charge in [-0.1, -0.05) is 0 Å². The van der Waals surface area contributed by atoms with Gasteiger partial charge in [0, 0.05) is 11.6 Å². The lowest BCUT2D eigenvalue weighted by atomic mass is 10.3. The van der Waals surface area contributed by atoms with E-state index in [0.29, 0.717) is 5.69 Å². The molecule has 0 spiro atoms. The van der Waals surface area contributed by atoms with E-state index in [0.717, 1.165) is 20.8 Å². The molecule has 0 saturated heterocycles. The molecule has 94 valence electrons. The van der Waals surface area contributed by atoms with Gasteiger partial charge in [-0.2, -0.15) is 0 Å². The van der Waals surface area contributed by atoms with Gasteiger partial charge in [-0.3, -0.25) is 9.78 Å². The zero-order valence-corrected chi connectivity index (χ0v) is 11.5. The summed E-state index contributed by atoms with van der Waals surface area (Å²) < 4.78 is 0.786. The van der Waals surface area contributed by atoms with Crippen molar-refractivity contribution < 1.29 is 9.90 Å². The van der Waals surface area contributed by atoms with Crippen molar-refractivity contribution in [1.82, 2.24) is 15.0 Å². The topological polar surface area (TPSA) is 76.0 Å². The third kappa shape index (κ3) is 3.27. The third-order valence-electron chi connectivity index (χ3n) is 2.08. The Morgan fingerprint density at radius 2 is 2.22 bits per heavy atom. The molecule has 2 aromatic heterocycles. The Bertz CT molecular complexity index is 583. The van der Waals surface area contributed by atoms with Crippen LogP contribution < -0.4 is 0 Å². The number of rotatable bonds is 4. The lowest BCUT2D eigenvalue weighted by molar-refractivity contribution is -0.136. The molecule has 7 heteroatoms. The first-order valence-corrected chi connectivity index (χ1v) is 6.88. The molecule has 0 aliphatic carbocycles. The molecule has 0 atom stereocenters. The van der Waals surface area contributed by atoms with Crippen molar-refractivity contribution in [3.63, 3.8) is 0 Å². The van der Waals surface area contributed by atoms with E-state index in [1.165, 1.54) is 23.1 Å². The van der Waals surface area contributed by atoms with Crippen molar-refractivity contribution in [3.05, 3.63) is 28.7 Å². The zero-order chi connectivity index (χ0) is 13.1. The summed E-state index contributed by atoms with van der Waals surface area (Å²) in [5.74, 6) is -0.872. The Labute approximate surface area is 112 Å². The van der Waals surface area contributed by atoms with Gasteiger partial charge in [-0.15, -0.1) is 11.3 Å². The Hall–Kier alpha value is -1.47. The van der Waals surface area contributed by atoms with Crippen molar-refractivity contribution in [3.8, 4) is 0 Å². The summed E-state index contributed by atoms with van der Waals surface area (Å²) in [5, 5.41) is 11.3. The van der Waals surface area contributed by atoms with Crippen molar-refractivity contribution in [1.29, 1.82) is 0 Å². The van der Waals surface area contributed by atoms with Gasteiger partial charge < -0.3 is 5.11 Å². The smallest absolute Gasteiger partial charge is 0.309 e. The molecule has 2 aromatic rings. The first-order chi connectivity index (χ1) is 8.54. The maximum Gasteiger partial charge on any atom is 0.309 e. The van der Waals surface area contributed by atoms with E-state index < -0.39 is 5.97 Å². The predicted molar refractivity (Wildman–Crippen MR) is 69.1 cm³/mol. The second kappa shape index (κ2) is 5.45. The van der Waals surface area contributed by atoms with E-state index in [2.05, 4.69) is 15.0 Å². The van der Waals surface area contributed by atoms with Crippen LogP contribution in [-0.2, 0) is 11.2 Å². The van der Waals surface area contributed by atoms with E-state index in [-0.39, 0.29) is 6.42 Å². The molecule has 0 aliphatic rings. The average molecular weight is 281 g/mol. The number of hydrogen-bond acceptors (Lipinski definition) is 6. The van der Waals surface area contributed by atoms with Gasteiger partial charge in [0.1, 0.15) is 5.03 Å². The Morgan fingerprint density at radius 1 is 1.44 bits per heavy atom.